The summed E-state index contributed by atoms with van der Waals surface area (Å²) < 4.78 is 0. The predicted molar refractivity (Wildman–Crippen MR) is 80.0 cm³/mol. The first-order valence-corrected chi connectivity index (χ1v) is 6.32. The summed E-state index contributed by atoms with van der Waals surface area (Å²) in [4.78, 5) is 30.8. The van der Waals surface area contributed by atoms with Crippen LogP contribution in [0.25, 0.3) is 0 Å². The second kappa shape index (κ2) is 7.96. The van der Waals surface area contributed by atoms with Gasteiger partial charge in [-0.1, -0.05) is 11.6 Å². The molecule has 2 aromatic heterocycles. The summed E-state index contributed by atoms with van der Waals surface area (Å²) in [6.45, 7) is 0. The van der Waals surface area contributed by atoms with Crippen LogP contribution < -0.4 is 5.73 Å². The topological polar surface area (TPSA) is 89.2 Å². The summed E-state index contributed by atoms with van der Waals surface area (Å²) in [6, 6.07) is 5.01. The number of primary amides is 1. The summed E-state index contributed by atoms with van der Waals surface area (Å²) in [5.41, 5.74) is 5.83. The third-order valence-corrected chi connectivity index (χ3v) is 2.68. The Morgan fingerprint density at radius 2 is 1.81 bits per heavy atom. The van der Waals surface area contributed by atoms with Crippen molar-refractivity contribution in [1.29, 1.82) is 0 Å². The molecule has 0 aliphatic carbocycles. The van der Waals surface area contributed by atoms with Crippen molar-refractivity contribution in [2.75, 3.05) is 14.1 Å². The van der Waals surface area contributed by atoms with Gasteiger partial charge in [0.25, 0.3) is 11.8 Å². The van der Waals surface area contributed by atoms with Crippen molar-refractivity contribution in [3.63, 3.8) is 0 Å². The third-order valence-electron chi connectivity index (χ3n) is 2.35. The van der Waals surface area contributed by atoms with Gasteiger partial charge in [-0.15, -0.1) is 0 Å². The zero-order chi connectivity index (χ0) is 15.8. The van der Waals surface area contributed by atoms with Gasteiger partial charge in [0.15, 0.2) is 0 Å². The Morgan fingerprint density at radius 3 is 2.24 bits per heavy atom. The van der Waals surface area contributed by atoms with E-state index in [1.165, 1.54) is 23.4 Å². The Balaban J connectivity index is 0.000000211. The van der Waals surface area contributed by atoms with Crippen LogP contribution in [-0.2, 0) is 0 Å². The second-order valence-electron chi connectivity index (χ2n) is 4.16. The number of hydrogen-bond acceptors (Lipinski definition) is 4. The van der Waals surface area contributed by atoms with Crippen LogP contribution in [0.3, 0.4) is 0 Å². The highest BCUT2D eigenvalue weighted by Gasteiger charge is 2.05. The maximum absolute atomic E-state index is 11.2. The van der Waals surface area contributed by atoms with Crippen molar-refractivity contribution in [1.82, 2.24) is 14.9 Å². The molecular weight excluding hydrogens is 292 g/mol. The average molecular weight is 307 g/mol. The van der Waals surface area contributed by atoms with E-state index in [1.54, 1.807) is 38.6 Å². The zero-order valence-electron chi connectivity index (χ0n) is 11.7. The lowest BCUT2D eigenvalue weighted by Crippen LogP contribution is -2.21. The number of rotatable bonds is 2. The van der Waals surface area contributed by atoms with Gasteiger partial charge in [0.2, 0.25) is 0 Å². The summed E-state index contributed by atoms with van der Waals surface area (Å²) in [6.07, 6.45) is 6.04. The molecule has 2 aromatic rings. The Kier molecular flexibility index (Phi) is 6.29. The number of hydrogen-bond donors (Lipinski definition) is 1. The number of aromatic nitrogens is 2. The molecule has 0 saturated carbocycles. The molecule has 0 spiro atoms. The van der Waals surface area contributed by atoms with Crippen LogP contribution in [0.1, 0.15) is 20.7 Å². The molecule has 2 amide bonds. The van der Waals surface area contributed by atoms with Gasteiger partial charge in [0.1, 0.15) is 0 Å². The molecule has 2 N–H and O–H groups in total. The zero-order valence-corrected chi connectivity index (χ0v) is 12.4. The van der Waals surface area contributed by atoms with Gasteiger partial charge in [-0.25, -0.2) is 0 Å². The molecule has 21 heavy (non-hydrogen) atoms. The molecule has 110 valence electrons. The first kappa shape index (κ1) is 16.6. The summed E-state index contributed by atoms with van der Waals surface area (Å²) in [7, 11) is 3.44. The highest BCUT2D eigenvalue weighted by Crippen LogP contribution is 2.11. The van der Waals surface area contributed by atoms with Crippen LogP contribution in [0, 0.1) is 0 Å². The van der Waals surface area contributed by atoms with Crippen molar-refractivity contribution >= 4 is 23.4 Å². The van der Waals surface area contributed by atoms with Crippen molar-refractivity contribution in [2.24, 2.45) is 5.73 Å². The normalized spacial score (nSPS) is 9.29. The molecular formula is C14H15ClN4O2. The second-order valence-corrected chi connectivity index (χ2v) is 4.57. The fourth-order valence-electron chi connectivity index (χ4n) is 1.31. The molecule has 2 heterocycles. The average Bonchev–Trinajstić information content (AvgIpc) is 2.48. The lowest BCUT2D eigenvalue weighted by Gasteiger charge is -2.08. The Morgan fingerprint density at radius 1 is 1.14 bits per heavy atom. The summed E-state index contributed by atoms with van der Waals surface area (Å²) in [5.74, 6) is -0.573. The molecule has 0 bridgehead atoms. The van der Waals surface area contributed by atoms with E-state index in [0.29, 0.717) is 10.6 Å². The minimum atomic E-state index is -0.557. The van der Waals surface area contributed by atoms with Crippen molar-refractivity contribution in [3.05, 3.63) is 59.1 Å². The maximum atomic E-state index is 11.2. The van der Waals surface area contributed by atoms with Gasteiger partial charge < -0.3 is 10.6 Å². The monoisotopic (exact) mass is 306 g/mol. The van der Waals surface area contributed by atoms with Gasteiger partial charge >= 0.3 is 0 Å². The quantitative estimate of drug-likeness (QED) is 0.913. The smallest absolute Gasteiger partial charge is 0.254 e. The predicted octanol–water partition coefficient (Wildman–Crippen LogP) is 1.62. The Hall–Kier alpha value is -2.47. The van der Waals surface area contributed by atoms with E-state index in [9.17, 15) is 9.59 Å². The first-order chi connectivity index (χ1) is 9.93. The third kappa shape index (κ3) is 5.19. The highest BCUT2D eigenvalue weighted by atomic mass is 35.5. The van der Waals surface area contributed by atoms with E-state index in [2.05, 4.69) is 9.97 Å². The van der Waals surface area contributed by atoms with Crippen LogP contribution >= 0.6 is 11.6 Å². The van der Waals surface area contributed by atoms with E-state index >= 15 is 0 Å². The van der Waals surface area contributed by atoms with Gasteiger partial charge in [0.05, 0.1) is 16.1 Å². The molecule has 0 saturated heterocycles. The molecule has 6 nitrogen and oxygen atoms in total. The van der Waals surface area contributed by atoms with Crippen molar-refractivity contribution < 1.29 is 9.59 Å². The van der Waals surface area contributed by atoms with E-state index < -0.39 is 5.91 Å². The molecule has 2 rings (SSSR count). The molecule has 0 fully saturated rings. The molecule has 0 aromatic carbocycles. The standard InChI is InChI=1S/C8H10N2O.C6H5ClN2O/c1-10(2)8(11)7-4-3-5-9-6-7;7-5-1-2-9-3-4(5)6(8)10/h3-6H,1-2H3;1-3H,(H2,8,10). The highest BCUT2D eigenvalue weighted by molar-refractivity contribution is 6.33. The van der Waals surface area contributed by atoms with Crippen molar-refractivity contribution in [3.8, 4) is 0 Å². The van der Waals surface area contributed by atoms with E-state index in [1.807, 2.05) is 0 Å². The minimum Gasteiger partial charge on any atom is -0.366 e. The van der Waals surface area contributed by atoms with Gasteiger partial charge in [0, 0.05) is 38.9 Å². The molecule has 0 aliphatic heterocycles. The van der Waals surface area contributed by atoms with Crippen LogP contribution in [0.15, 0.2) is 43.0 Å². The van der Waals surface area contributed by atoms with Crippen molar-refractivity contribution in [2.45, 2.75) is 0 Å². The van der Waals surface area contributed by atoms with Gasteiger partial charge in [-0.2, -0.15) is 0 Å². The number of pyridine rings is 2. The number of nitrogens with zero attached hydrogens (tertiary/aromatic N) is 3. The molecule has 0 radical (unpaired) electrons. The van der Waals surface area contributed by atoms with Crippen LogP contribution in [0.2, 0.25) is 5.02 Å². The van der Waals surface area contributed by atoms with E-state index in [4.69, 9.17) is 17.3 Å². The van der Waals surface area contributed by atoms with E-state index in [0.717, 1.165) is 0 Å². The molecule has 7 heteroatoms. The van der Waals surface area contributed by atoms with Gasteiger partial charge in [-0.3, -0.25) is 19.6 Å². The van der Waals surface area contributed by atoms with Crippen LogP contribution in [0.5, 0.6) is 0 Å². The number of carbonyl (C=O) groups excluding carboxylic acids is 2. The number of amides is 2. The molecule has 0 aliphatic rings. The molecule has 0 unspecified atom stereocenters. The largest absolute Gasteiger partial charge is 0.366 e. The first-order valence-electron chi connectivity index (χ1n) is 5.94. The van der Waals surface area contributed by atoms with Gasteiger partial charge in [-0.05, 0) is 18.2 Å². The Bertz CT molecular complexity index is 617. The summed E-state index contributed by atoms with van der Waals surface area (Å²) >= 11 is 5.58. The van der Waals surface area contributed by atoms with Crippen LogP contribution in [0.4, 0.5) is 0 Å². The SMILES string of the molecule is CN(C)C(=O)c1cccnc1.NC(=O)c1cnccc1Cl. The number of nitrogens with two attached hydrogens (primary N) is 1. The summed E-state index contributed by atoms with van der Waals surface area (Å²) in [5, 5.41) is 0.336. The number of carbonyl (C=O) groups is 2. The fourth-order valence-corrected chi connectivity index (χ4v) is 1.50. The Labute approximate surface area is 127 Å². The number of halogens is 1. The van der Waals surface area contributed by atoms with Crippen LogP contribution in [-0.4, -0.2) is 40.8 Å². The minimum absolute atomic E-state index is 0.0156. The fraction of sp³-hybridized carbons (Fsp3) is 0.143. The lowest BCUT2D eigenvalue weighted by atomic mass is 10.2. The molecule has 0 atom stereocenters. The maximum Gasteiger partial charge on any atom is 0.254 e. The lowest BCUT2D eigenvalue weighted by molar-refractivity contribution is 0.0827. The van der Waals surface area contributed by atoms with E-state index in [-0.39, 0.29) is 11.5 Å².